The summed E-state index contributed by atoms with van der Waals surface area (Å²) in [5, 5.41) is 3.45. The molecule has 1 fully saturated rings. The molecule has 0 radical (unpaired) electrons. The lowest BCUT2D eigenvalue weighted by Gasteiger charge is -2.30. The van der Waals surface area contributed by atoms with Gasteiger partial charge in [-0.1, -0.05) is 12.8 Å². The molecule has 1 aliphatic carbocycles. The fourth-order valence-electron chi connectivity index (χ4n) is 2.65. The molecule has 1 saturated carbocycles. The summed E-state index contributed by atoms with van der Waals surface area (Å²) in [6, 6.07) is 2.24. The molecule has 0 bridgehead atoms. The fraction of sp³-hybridized carbons (Fsp3) is 0.733. The van der Waals surface area contributed by atoms with Crippen LogP contribution in [0.25, 0.3) is 0 Å². The van der Waals surface area contributed by atoms with E-state index in [-0.39, 0.29) is 6.10 Å². The smallest absolute Gasteiger partial charge is 0.226 e. The molecule has 0 aromatic carbocycles. The molecule has 1 aliphatic rings. The number of aryl methyl sites for hydroxylation is 1. The first kappa shape index (κ1) is 15.4. The fourth-order valence-corrected chi connectivity index (χ4v) is 3.02. The second kappa shape index (κ2) is 7.11. The number of aromatic nitrogens is 2. The number of nitrogens with zero attached hydrogens (tertiary/aromatic N) is 2. The average molecular weight is 298 g/mol. The van der Waals surface area contributed by atoms with Crippen LogP contribution in [0.2, 0.25) is 0 Å². The molecule has 0 amide bonds. The Morgan fingerprint density at radius 2 is 2.10 bits per heavy atom. The van der Waals surface area contributed by atoms with Crippen molar-refractivity contribution in [3.63, 3.8) is 0 Å². The average Bonchev–Trinajstić information content (AvgIpc) is 2.37. The van der Waals surface area contributed by atoms with Crippen LogP contribution in [0, 0.1) is 12.8 Å². The molecule has 0 aliphatic heterocycles. The van der Waals surface area contributed by atoms with E-state index in [1.165, 1.54) is 19.3 Å². The Balaban J connectivity index is 2.09. The molecule has 1 heterocycles. The zero-order valence-corrected chi connectivity index (χ0v) is 13.3. The van der Waals surface area contributed by atoms with E-state index in [1.54, 1.807) is 0 Å². The maximum atomic E-state index is 6.07. The molecule has 4 nitrogen and oxygen atoms in total. The third-order valence-electron chi connectivity index (χ3n) is 3.61. The number of ether oxygens (including phenoxy) is 1. The standard InChI is InChI=1S/C15H24ClN3O/c1-10(2)20-14-8-11(3)17-15(19-14)18-13-7-5-4-6-12(13)9-16/h8,10,12-13H,4-7,9H2,1-3H3,(H,17,18,19). The van der Waals surface area contributed by atoms with Gasteiger partial charge in [0.15, 0.2) is 0 Å². The van der Waals surface area contributed by atoms with E-state index < -0.39 is 0 Å². The van der Waals surface area contributed by atoms with Gasteiger partial charge in [0.2, 0.25) is 11.8 Å². The Labute approximate surface area is 126 Å². The summed E-state index contributed by atoms with van der Waals surface area (Å²) < 4.78 is 5.66. The Morgan fingerprint density at radius 1 is 1.35 bits per heavy atom. The first-order valence-electron chi connectivity index (χ1n) is 7.43. The van der Waals surface area contributed by atoms with Crippen molar-refractivity contribution >= 4 is 17.5 Å². The number of hydrogen-bond donors (Lipinski definition) is 1. The highest BCUT2D eigenvalue weighted by Crippen LogP contribution is 2.27. The molecule has 112 valence electrons. The van der Waals surface area contributed by atoms with Gasteiger partial charge in [-0.05, 0) is 39.5 Å². The number of anilines is 1. The van der Waals surface area contributed by atoms with Crippen LogP contribution in [-0.2, 0) is 0 Å². The van der Waals surface area contributed by atoms with Crippen molar-refractivity contribution in [1.29, 1.82) is 0 Å². The van der Waals surface area contributed by atoms with Crippen LogP contribution in [0.5, 0.6) is 5.88 Å². The van der Waals surface area contributed by atoms with Crippen molar-refractivity contribution in [2.45, 2.75) is 58.6 Å². The summed E-state index contributed by atoms with van der Waals surface area (Å²) in [7, 11) is 0. The summed E-state index contributed by atoms with van der Waals surface area (Å²) in [6.45, 7) is 5.95. The minimum Gasteiger partial charge on any atom is -0.475 e. The van der Waals surface area contributed by atoms with E-state index in [0.29, 0.717) is 29.7 Å². The predicted molar refractivity (Wildman–Crippen MR) is 82.6 cm³/mol. The maximum absolute atomic E-state index is 6.07. The largest absolute Gasteiger partial charge is 0.475 e. The van der Waals surface area contributed by atoms with Gasteiger partial charge < -0.3 is 10.1 Å². The van der Waals surface area contributed by atoms with Crippen LogP contribution >= 0.6 is 11.6 Å². The van der Waals surface area contributed by atoms with Crippen LogP contribution in [0.4, 0.5) is 5.95 Å². The first-order chi connectivity index (χ1) is 9.58. The normalized spacial score (nSPS) is 22.9. The van der Waals surface area contributed by atoms with E-state index in [1.807, 2.05) is 26.8 Å². The molecular formula is C15H24ClN3O. The molecule has 2 unspecified atom stereocenters. The zero-order valence-electron chi connectivity index (χ0n) is 12.5. The van der Waals surface area contributed by atoms with Gasteiger partial charge in [-0.3, -0.25) is 0 Å². The Hall–Kier alpha value is -1.03. The van der Waals surface area contributed by atoms with Crippen LogP contribution in [0.3, 0.4) is 0 Å². The maximum Gasteiger partial charge on any atom is 0.226 e. The summed E-state index contributed by atoms with van der Waals surface area (Å²) >= 11 is 6.07. The zero-order chi connectivity index (χ0) is 14.5. The lowest BCUT2D eigenvalue weighted by atomic mass is 9.86. The lowest BCUT2D eigenvalue weighted by Crippen LogP contribution is -2.34. The molecule has 1 N–H and O–H groups in total. The Morgan fingerprint density at radius 3 is 2.80 bits per heavy atom. The number of hydrogen-bond acceptors (Lipinski definition) is 4. The topological polar surface area (TPSA) is 47.0 Å². The summed E-state index contributed by atoms with van der Waals surface area (Å²) in [5.74, 6) is 2.48. The predicted octanol–water partition coefficient (Wildman–Crippen LogP) is 3.78. The molecule has 20 heavy (non-hydrogen) atoms. The van der Waals surface area contributed by atoms with Crippen molar-refractivity contribution in [1.82, 2.24) is 9.97 Å². The number of halogens is 1. The van der Waals surface area contributed by atoms with E-state index >= 15 is 0 Å². The molecule has 2 atom stereocenters. The lowest BCUT2D eigenvalue weighted by molar-refractivity contribution is 0.232. The van der Waals surface area contributed by atoms with E-state index in [0.717, 1.165) is 12.1 Å². The molecule has 0 spiro atoms. The van der Waals surface area contributed by atoms with Gasteiger partial charge in [-0.15, -0.1) is 11.6 Å². The van der Waals surface area contributed by atoms with Crippen LogP contribution in [-0.4, -0.2) is 28.0 Å². The van der Waals surface area contributed by atoms with Gasteiger partial charge in [0.25, 0.3) is 0 Å². The highest BCUT2D eigenvalue weighted by atomic mass is 35.5. The van der Waals surface area contributed by atoms with E-state index in [4.69, 9.17) is 16.3 Å². The second-order valence-corrected chi connectivity index (χ2v) is 6.10. The number of rotatable bonds is 5. The molecular weight excluding hydrogens is 274 g/mol. The molecule has 1 aromatic rings. The van der Waals surface area contributed by atoms with E-state index in [9.17, 15) is 0 Å². The van der Waals surface area contributed by atoms with Crippen molar-refractivity contribution < 1.29 is 4.74 Å². The Bertz CT molecular complexity index is 439. The molecule has 0 saturated heterocycles. The van der Waals surface area contributed by atoms with Crippen LogP contribution in [0.1, 0.15) is 45.2 Å². The number of alkyl halides is 1. The second-order valence-electron chi connectivity index (χ2n) is 5.79. The summed E-state index contributed by atoms with van der Waals surface area (Å²) in [4.78, 5) is 8.91. The number of nitrogens with one attached hydrogen (secondary N) is 1. The minimum absolute atomic E-state index is 0.113. The van der Waals surface area contributed by atoms with Crippen molar-refractivity contribution in [3.05, 3.63) is 11.8 Å². The van der Waals surface area contributed by atoms with Gasteiger partial charge >= 0.3 is 0 Å². The van der Waals surface area contributed by atoms with Gasteiger partial charge in [0.05, 0.1) is 6.10 Å². The summed E-state index contributed by atoms with van der Waals surface area (Å²) in [6.07, 6.45) is 4.94. The Kier molecular flexibility index (Phi) is 5.46. The van der Waals surface area contributed by atoms with E-state index in [2.05, 4.69) is 15.3 Å². The van der Waals surface area contributed by atoms with Gasteiger partial charge in [-0.25, -0.2) is 4.98 Å². The van der Waals surface area contributed by atoms with Gasteiger partial charge in [0.1, 0.15) is 0 Å². The van der Waals surface area contributed by atoms with Gasteiger partial charge in [0, 0.05) is 23.7 Å². The molecule has 5 heteroatoms. The highest BCUT2D eigenvalue weighted by molar-refractivity contribution is 6.18. The first-order valence-corrected chi connectivity index (χ1v) is 7.96. The van der Waals surface area contributed by atoms with Crippen molar-refractivity contribution in [3.8, 4) is 5.88 Å². The molecule has 2 rings (SSSR count). The third-order valence-corrected chi connectivity index (χ3v) is 4.01. The third kappa shape index (κ3) is 4.23. The minimum atomic E-state index is 0.113. The van der Waals surface area contributed by atoms with Gasteiger partial charge in [-0.2, -0.15) is 4.98 Å². The summed E-state index contributed by atoms with van der Waals surface area (Å²) in [5.41, 5.74) is 0.913. The SMILES string of the molecule is Cc1cc(OC(C)C)nc(NC2CCCCC2CCl)n1. The van der Waals surface area contributed by atoms with Crippen LogP contribution < -0.4 is 10.1 Å². The van der Waals surface area contributed by atoms with Crippen molar-refractivity contribution in [2.75, 3.05) is 11.2 Å². The van der Waals surface area contributed by atoms with Crippen molar-refractivity contribution in [2.24, 2.45) is 5.92 Å². The van der Waals surface area contributed by atoms with Crippen LogP contribution in [0.15, 0.2) is 6.07 Å². The molecule has 1 aromatic heterocycles. The highest BCUT2D eigenvalue weighted by Gasteiger charge is 2.25. The quantitative estimate of drug-likeness (QED) is 0.840. The monoisotopic (exact) mass is 297 g/mol.